The molecular weight excluding hydrogens is 312 g/mol. The van der Waals surface area contributed by atoms with Crippen molar-refractivity contribution in [1.29, 1.82) is 0 Å². The van der Waals surface area contributed by atoms with E-state index in [9.17, 15) is 4.79 Å². The lowest BCUT2D eigenvalue weighted by atomic mass is 9.89. The third kappa shape index (κ3) is 4.46. The van der Waals surface area contributed by atoms with Crippen molar-refractivity contribution in [2.75, 3.05) is 26.3 Å². The minimum atomic E-state index is -0.743. The Bertz CT molecular complexity index is 536. The van der Waals surface area contributed by atoms with Gasteiger partial charge in [-0.15, -0.1) is 0 Å². The number of carbonyl (C=O) groups is 1. The van der Waals surface area contributed by atoms with Crippen LogP contribution in [-0.4, -0.2) is 42.6 Å². The summed E-state index contributed by atoms with van der Waals surface area (Å²) in [4.78, 5) is 15.0. The summed E-state index contributed by atoms with van der Waals surface area (Å²) in [5.41, 5.74) is 6.85. The molecular formula is C18H25ClN2O2. The van der Waals surface area contributed by atoms with Crippen LogP contribution >= 0.6 is 11.6 Å². The van der Waals surface area contributed by atoms with Gasteiger partial charge in [0, 0.05) is 31.3 Å². The minimum absolute atomic E-state index is 0.0988. The largest absolute Gasteiger partial charge is 0.381 e. The molecule has 0 aromatic heterocycles. The fraction of sp³-hybridized carbons (Fsp3) is 0.611. The highest BCUT2D eigenvalue weighted by molar-refractivity contribution is 6.30. The Morgan fingerprint density at radius 2 is 1.91 bits per heavy atom. The summed E-state index contributed by atoms with van der Waals surface area (Å²) in [6.07, 6.45) is 4.53. The Balaban J connectivity index is 1.64. The van der Waals surface area contributed by atoms with Crippen molar-refractivity contribution in [3.63, 3.8) is 0 Å². The second-order valence-corrected chi connectivity index (χ2v) is 7.28. The molecule has 4 nitrogen and oxygen atoms in total. The van der Waals surface area contributed by atoms with Crippen molar-refractivity contribution in [3.05, 3.63) is 34.9 Å². The molecule has 0 radical (unpaired) electrons. The van der Waals surface area contributed by atoms with Crippen LogP contribution in [0.5, 0.6) is 0 Å². The van der Waals surface area contributed by atoms with E-state index in [1.807, 2.05) is 29.2 Å². The average Bonchev–Trinajstić information content (AvgIpc) is 3.37. The first kappa shape index (κ1) is 16.7. The second kappa shape index (κ2) is 7.20. The minimum Gasteiger partial charge on any atom is -0.381 e. The molecule has 1 amide bonds. The van der Waals surface area contributed by atoms with Gasteiger partial charge in [-0.2, -0.15) is 0 Å². The lowest BCUT2D eigenvalue weighted by Gasteiger charge is -2.37. The van der Waals surface area contributed by atoms with Crippen LogP contribution in [0, 0.1) is 5.92 Å². The van der Waals surface area contributed by atoms with Crippen molar-refractivity contribution in [1.82, 2.24) is 4.90 Å². The van der Waals surface area contributed by atoms with E-state index >= 15 is 0 Å². The molecule has 1 aromatic carbocycles. The number of hydrogen-bond donors (Lipinski definition) is 1. The van der Waals surface area contributed by atoms with Gasteiger partial charge in [0.25, 0.3) is 0 Å². The lowest BCUT2D eigenvalue weighted by molar-refractivity contribution is -0.140. The van der Waals surface area contributed by atoms with Gasteiger partial charge >= 0.3 is 0 Å². The van der Waals surface area contributed by atoms with Crippen molar-refractivity contribution < 1.29 is 9.53 Å². The molecule has 0 atom stereocenters. The van der Waals surface area contributed by atoms with Gasteiger partial charge in [-0.1, -0.05) is 23.7 Å². The Kier molecular flexibility index (Phi) is 5.24. The van der Waals surface area contributed by atoms with Crippen LogP contribution in [0.25, 0.3) is 0 Å². The van der Waals surface area contributed by atoms with Crippen molar-refractivity contribution in [2.45, 2.75) is 37.6 Å². The number of carbonyl (C=O) groups excluding carboxylic acids is 1. The van der Waals surface area contributed by atoms with Gasteiger partial charge < -0.3 is 15.4 Å². The first-order chi connectivity index (χ1) is 11.1. The van der Waals surface area contributed by atoms with Crippen LogP contribution in [0.3, 0.4) is 0 Å². The molecule has 1 aromatic rings. The van der Waals surface area contributed by atoms with Crippen molar-refractivity contribution in [2.24, 2.45) is 11.7 Å². The van der Waals surface area contributed by atoms with Gasteiger partial charge in [0.2, 0.25) is 5.91 Å². The Labute approximate surface area is 142 Å². The van der Waals surface area contributed by atoms with E-state index in [0.717, 1.165) is 24.5 Å². The summed E-state index contributed by atoms with van der Waals surface area (Å²) in [6, 6.07) is 7.84. The third-order valence-corrected chi connectivity index (χ3v) is 5.11. The SMILES string of the molecule is NC1(C(=O)N(CCc2ccc(Cl)cc2)CC2CC2)CCOCC1. The molecule has 2 fully saturated rings. The highest BCUT2D eigenvalue weighted by Crippen LogP contribution is 2.31. The van der Waals surface area contributed by atoms with Gasteiger partial charge in [-0.3, -0.25) is 4.79 Å². The molecule has 2 N–H and O–H groups in total. The fourth-order valence-electron chi connectivity index (χ4n) is 3.07. The smallest absolute Gasteiger partial charge is 0.242 e. The number of benzene rings is 1. The van der Waals surface area contributed by atoms with E-state index in [-0.39, 0.29) is 5.91 Å². The lowest BCUT2D eigenvalue weighted by Crippen LogP contribution is -2.58. The fourth-order valence-corrected chi connectivity index (χ4v) is 3.19. The Morgan fingerprint density at radius 1 is 1.26 bits per heavy atom. The van der Waals surface area contributed by atoms with E-state index < -0.39 is 5.54 Å². The number of ether oxygens (including phenoxy) is 1. The first-order valence-electron chi connectivity index (χ1n) is 8.47. The van der Waals surface area contributed by atoms with Crippen LogP contribution in [0.2, 0.25) is 5.02 Å². The predicted molar refractivity (Wildman–Crippen MR) is 91.4 cm³/mol. The van der Waals surface area contributed by atoms with E-state index in [1.54, 1.807) is 0 Å². The average molecular weight is 337 g/mol. The first-order valence-corrected chi connectivity index (χ1v) is 8.85. The van der Waals surface area contributed by atoms with Gasteiger partial charge in [0.1, 0.15) is 0 Å². The zero-order valence-corrected chi connectivity index (χ0v) is 14.2. The Hall–Kier alpha value is -1.10. The molecule has 23 heavy (non-hydrogen) atoms. The summed E-state index contributed by atoms with van der Waals surface area (Å²) in [6.45, 7) is 2.72. The van der Waals surface area contributed by atoms with E-state index in [4.69, 9.17) is 22.1 Å². The topological polar surface area (TPSA) is 55.6 Å². The maximum Gasteiger partial charge on any atom is 0.242 e. The van der Waals surface area contributed by atoms with E-state index in [2.05, 4.69) is 0 Å². The van der Waals surface area contributed by atoms with Gasteiger partial charge in [0.05, 0.1) is 5.54 Å². The molecule has 0 bridgehead atoms. The van der Waals surface area contributed by atoms with Crippen LogP contribution in [0.4, 0.5) is 0 Å². The van der Waals surface area contributed by atoms with Crippen molar-refractivity contribution >= 4 is 17.5 Å². The quantitative estimate of drug-likeness (QED) is 0.868. The summed E-state index contributed by atoms with van der Waals surface area (Å²) >= 11 is 5.93. The number of nitrogens with zero attached hydrogens (tertiary/aromatic N) is 1. The van der Waals surface area contributed by atoms with Gasteiger partial charge in [0.15, 0.2) is 0 Å². The molecule has 3 rings (SSSR count). The van der Waals surface area contributed by atoms with Crippen LogP contribution < -0.4 is 5.73 Å². The van der Waals surface area contributed by atoms with Crippen molar-refractivity contribution in [3.8, 4) is 0 Å². The molecule has 1 aliphatic heterocycles. The monoisotopic (exact) mass is 336 g/mol. The molecule has 1 heterocycles. The van der Waals surface area contributed by atoms with E-state index in [0.29, 0.717) is 32.0 Å². The van der Waals surface area contributed by atoms with Crippen LogP contribution in [-0.2, 0) is 16.0 Å². The van der Waals surface area contributed by atoms with Gasteiger partial charge in [-0.25, -0.2) is 0 Å². The third-order valence-electron chi connectivity index (χ3n) is 4.86. The number of amides is 1. The highest BCUT2D eigenvalue weighted by atomic mass is 35.5. The second-order valence-electron chi connectivity index (χ2n) is 6.84. The number of hydrogen-bond acceptors (Lipinski definition) is 3. The molecule has 0 unspecified atom stereocenters. The number of halogens is 1. The molecule has 1 saturated carbocycles. The van der Waals surface area contributed by atoms with Crippen LogP contribution in [0.1, 0.15) is 31.2 Å². The molecule has 0 spiro atoms. The number of nitrogens with two attached hydrogens (primary N) is 1. The zero-order valence-electron chi connectivity index (χ0n) is 13.5. The van der Waals surface area contributed by atoms with E-state index in [1.165, 1.54) is 18.4 Å². The molecule has 1 aliphatic carbocycles. The molecule has 2 aliphatic rings. The molecule has 126 valence electrons. The van der Waals surface area contributed by atoms with Gasteiger partial charge in [-0.05, 0) is 55.7 Å². The summed E-state index contributed by atoms with van der Waals surface area (Å²) in [5.74, 6) is 0.759. The Morgan fingerprint density at radius 3 is 2.52 bits per heavy atom. The van der Waals surface area contributed by atoms with Crippen LogP contribution in [0.15, 0.2) is 24.3 Å². The molecule has 1 saturated heterocycles. The standard InChI is InChI=1S/C18H25ClN2O2/c19-16-5-3-14(4-6-16)7-10-21(13-15-1-2-15)17(22)18(20)8-11-23-12-9-18/h3-6,15H,1-2,7-13,20H2. The predicted octanol–water partition coefficient (Wildman–Crippen LogP) is 2.63. The maximum absolute atomic E-state index is 13.0. The summed E-state index contributed by atoms with van der Waals surface area (Å²) in [7, 11) is 0. The number of rotatable bonds is 6. The normalized spacial score (nSPS) is 20.3. The zero-order chi connectivity index (χ0) is 16.3. The summed E-state index contributed by atoms with van der Waals surface area (Å²) in [5, 5.41) is 0.739. The summed E-state index contributed by atoms with van der Waals surface area (Å²) < 4.78 is 5.37. The highest BCUT2D eigenvalue weighted by Gasteiger charge is 2.40. The maximum atomic E-state index is 13.0. The molecule has 5 heteroatoms.